The fourth-order valence-electron chi connectivity index (χ4n) is 1.42. The molecular formula is C11H11BrO3. The number of fused-ring (bicyclic) bond motifs is 1. The highest BCUT2D eigenvalue weighted by Crippen LogP contribution is 2.25. The van der Waals surface area contributed by atoms with Crippen molar-refractivity contribution in [3.05, 3.63) is 36.1 Å². The molecule has 3 nitrogen and oxygen atoms in total. The second kappa shape index (κ2) is 4.35. The highest BCUT2D eigenvalue weighted by molar-refractivity contribution is 9.09. The monoisotopic (exact) mass is 270 g/mol. The number of aliphatic hydroxyl groups is 2. The van der Waals surface area contributed by atoms with Gasteiger partial charge in [-0.25, -0.2) is 0 Å². The molecule has 0 bridgehead atoms. The van der Waals surface area contributed by atoms with Crippen LogP contribution >= 0.6 is 15.9 Å². The fourth-order valence-corrected chi connectivity index (χ4v) is 1.78. The molecule has 80 valence electrons. The van der Waals surface area contributed by atoms with E-state index >= 15 is 0 Å². The van der Waals surface area contributed by atoms with Gasteiger partial charge in [-0.3, -0.25) is 0 Å². The summed E-state index contributed by atoms with van der Waals surface area (Å²) >= 11 is 3.10. The summed E-state index contributed by atoms with van der Waals surface area (Å²) in [4.78, 5) is 0. The van der Waals surface area contributed by atoms with E-state index in [0.29, 0.717) is 16.7 Å². The SMILES string of the molecule is OC(CBr)C(O)c1cc2ccccc2o1. The van der Waals surface area contributed by atoms with Gasteiger partial charge in [0.1, 0.15) is 17.4 Å². The van der Waals surface area contributed by atoms with Gasteiger partial charge in [-0.2, -0.15) is 0 Å². The van der Waals surface area contributed by atoms with Crippen molar-refractivity contribution in [3.63, 3.8) is 0 Å². The Bertz CT molecular complexity index is 419. The normalized spacial score (nSPS) is 15.4. The molecule has 2 unspecified atom stereocenters. The van der Waals surface area contributed by atoms with Crippen molar-refractivity contribution in [2.45, 2.75) is 12.2 Å². The molecule has 1 aromatic heterocycles. The number of benzene rings is 1. The molecule has 2 aromatic rings. The summed E-state index contributed by atoms with van der Waals surface area (Å²) in [6, 6.07) is 9.23. The second-order valence-corrected chi connectivity index (χ2v) is 4.00. The van der Waals surface area contributed by atoms with E-state index < -0.39 is 12.2 Å². The molecular weight excluding hydrogens is 260 g/mol. The third-order valence-corrected chi connectivity index (χ3v) is 2.92. The van der Waals surface area contributed by atoms with Crippen LogP contribution in [0.1, 0.15) is 11.9 Å². The maximum atomic E-state index is 9.72. The van der Waals surface area contributed by atoms with E-state index in [-0.39, 0.29) is 0 Å². The summed E-state index contributed by atoms with van der Waals surface area (Å²) in [5.41, 5.74) is 0.716. The molecule has 2 N–H and O–H groups in total. The van der Waals surface area contributed by atoms with Crippen LogP contribution in [0.4, 0.5) is 0 Å². The first kappa shape index (κ1) is 10.7. The van der Waals surface area contributed by atoms with E-state index in [4.69, 9.17) is 4.42 Å². The van der Waals surface area contributed by atoms with Gasteiger partial charge in [-0.15, -0.1) is 0 Å². The Kier molecular flexibility index (Phi) is 3.09. The zero-order valence-electron chi connectivity index (χ0n) is 7.93. The molecule has 1 heterocycles. The van der Waals surface area contributed by atoms with Crippen molar-refractivity contribution in [3.8, 4) is 0 Å². The van der Waals surface area contributed by atoms with Gasteiger partial charge < -0.3 is 14.6 Å². The van der Waals surface area contributed by atoms with E-state index in [2.05, 4.69) is 15.9 Å². The molecule has 0 aliphatic rings. The number of hydrogen-bond acceptors (Lipinski definition) is 3. The van der Waals surface area contributed by atoms with Crippen LogP contribution < -0.4 is 0 Å². The number of alkyl halides is 1. The summed E-state index contributed by atoms with van der Waals surface area (Å²) in [6.07, 6.45) is -1.85. The molecule has 0 saturated carbocycles. The predicted octanol–water partition coefficient (Wildman–Crippen LogP) is 2.22. The number of rotatable bonds is 3. The van der Waals surface area contributed by atoms with Crippen molar-refractivity contribution in [2.24, 2.45) is 0 Å². The molecule has 2 atom stereocenters. The van der Waals surface area contributed by atoms with Gasteiger partial charge in [-0.1, -0.05) is 34.1 Å². The van der Waals surface area contributed by atoms with E-state index in [0.717, 1.165) is 5.39 Å². The third-order valence-electron chi connectivity index (χ3n) is 2.26. The third kappa shape index (κ3) is 2.07. The van der Waals surface area contributed by atoms with E-state index in [1.807, 2.05) is 24.3 Å². The topological polar surface area (TPSA) is 53.6 Å². The lowest BCUT2D eigenvalue weighted by Crippen LogP contribution is -2.18. The summed E-state index contributed by atoms with van der Waals surface area (Å²) in [5, 5.41) is 20.4. The van der Waals surface area contributed by atoms with Gasteiger partial charge >= 0.3 is 0 Å². The highest BCUT2D eigenvalue weighted by Gasteiger charge is 2.20. The summed E-state index contributed by atoms with van der Waals surface area (Å²) in [5.74, 6) is 0.392. The van der Waals surface area contributed by atoms with Gasteiger partial charge in [0, 0.05) is 10.7 Å². The average Bonchev–Trinajstić information content (AvgIpc) is 2.70. The Morgan fingerprint density at radius 1 is 1.27 bits per heavy atom. The lowest BCUT2D eigenvalue weighted by Gasteiger charge is -2.12. The van der Waals surface area contributed by atoms with Crippen LogP contribution in [0.5, 0.6) is 0 Å². The second-order valence-electron chi connectivity index (χ2n) is 3.35. The first-order valence-electron chi connectivity index (χ1n) is 4.63. The quantitative estimate of drug-likeness (QED) is 0.841. The molecule has 0 amide bonds. The van der Waals surface area contributed by atoms with Crippen LogP contribution in [-0.4, -0.2) is 21.6 Å². The Labute approximate surface area is 95.5 Å². The zero-order chi connectivity index (χ0) is 10.8. The van der Waals surface area contributed by atoms with E-state index in [1.54, 1.807) is 6.07 Å². The van der Waals surface area contributed by atoms with Gasteiger partial charge in [0.25, 0.3) is 0 Å². The van der Waals surface area contributed by atoms with Gasteiger partial charge in [-0.05, 0) is 12.1 Å². The average molecular weight is 271 g/mol. The first-order chi connectivity index (χ1) is 7.22. The molecule has 0 aliphatic carbocycles. The number of furan rings is 1. The van der Waals surface area contributed by atoms with Crippen LogP contribution in [0, 0.1) is 0 Å². The summed E-state index contributed by atoms with van der Waals surface area (Å²) < 4.78 is 5.42. The minimum absolute atomic E-state index is 0.311. The lowest BCUT2D eigenvalue weighted by atomic mass is 10.1. The molecule has 15 heavy (non-hydrogen) atoms. The molecule has 2 rings (SSSR count). The molecule has 4 heteroatoms. The zero-order valence-corrected chi connectivity index (χ0v) is 9.52. The van der Waals surface area contributed by atoms with Gasteiger partial charge in [0.05, 0.1) is 6.10 Å². The van der Waals surface area contributed by atoms with Crippen LogP contribution in [0.25, 0.3) is 11.0 Å². The number of aliphatic hydroxyl groups excluding tert-OH is 2. The largest absolute Gasteiger partial charge is 0.458 e. The minimum atomic E-state index is -0.989. The van der Waals surface area contributed by atoms with Crippen LogP contribution in [-0.2, 0) is 0 Å². The Hall–Kier alpha value is -0.840. The molecule has 0 fully saturated rings. The summed E-state index contributed by atoms with van der Waals surface area (Å²) in [7, 11) is 0. The van der Waals surface area contributed by atoms with Crippen molar-refractivity contribution in [1.82, 2.24) is 0 Å². The smallest absolute Gasteiger partial charge is 0.138 e. The van der Waals surface area contributed by atoms with Crippen LogP contribution in [0.3, 0.4) is 0 Å². The maximum Gasteiger partial charge on any atom is 0.138 e. The Morgan fingerprint density at radius 3 is 2.67 bits per heavy atom. The molecule has 0 saturated heterocycles. The van der Waals surface area contributed by atoms with Crippen molar-refractivity contribution in [1.29, 1.82) is 0 Å². The molecule has 0 radical (unpaired) electrons. The maximum absolute atomic E-state index is 9.72. The van der Waals surface area contributed by atoms with E-state index in [1.165, 1.54) is 0 Å². The van der Waals surface area contributed by atoms with Crippen molar-refractivity contribution < 1.29 is 14.6 Å². The Morgan fingerprint density at radius 2 is 2.00 bits per heavy atom. The van der Waals surface area contributed by atoms with Crippen molar-refractivity contribution >= 4 is 26.9 Å². The van der Waals surface area contributed by atoms with Crippen molar-refractivity contribution in [2.75, 3.05) is 5.33 Å². The number of halogens is 1. The number of hydrogen-bond donors (Lipinski definition) is 2. The standard InChI is InChI=1S/C11H11BrO3/c12-6-8(13)11(14)10-5-7-3-1-2-4-9(7)15-10/h1-5,8,11,13-14H,6H2. The van der Waals surface area contributed by atoms with E-state index in [9.17, 15) is 10.2 Å². The highest BCUT2D eigenvalue weighted by atomic mass is 79.9. The lowest BCUT2D eigenvalue weighted by molar-refractivity contribution is 0.0214. The Balaban J connectivity index is 2.36. The van der Waals surface area contributed by atoms with Crippen LogP contribution in [0.15, 0.2) is 34.7 Å². The fraction of sp³-hybridized carbons (Fsp3) is 0.273. The molecule has 0 spiro atoms. The molecule has 0 aliphatic heterocycles. The van der Waals surface area contributed by atoms with Gasteiger partial charge in [0.2, 0.25) is 0 Å². The first-order valence-corrected chi connectivity index (χ1v) is 5.75. The molecule has 1 aromatic carbocycles. The number of para-hydroxylation sites is 1. The summed E-state index contributed by atoms with van der Waals surface area (Å²) in [6.45, 7) is 0. The van der Waals surface area contributed by atoms with Gasteiger partial charge in [0.15, 0.2) is 0 Å². The predicted molar refractivity (Wildman–Crippen MR) is 61.0 cm³/mol. The minimum Gasteiger partial charge on any atom is -0.458 e. The van der Waals surface area contributed by atoms with Crippen LogP contribution in [0.2, 0.25) is 0 Å².